The highest BCUT2D eigenvalue weighted by atomic mass is 32.1. The van der Waals surface area contributed by atoms with Gasteiger partial charge in [-0.15, -0.1) is 0 Å². The SMILES string of the molecule is CN1CCCCC1.CNC(=O)c1ccc(-c2cn3c(n2)sc2cc(C(N)=O)ccc23)cc1.[HH].[HH]. The Morgan fingerprint density at radius 2 is 1.75 bits per heavy atom. The highest BCUT2D eigenvalue weighted by Gasteiger charge is 2.12. The number of carbonyl (C=O) groups is 2. The van der Waals surface area contributed by atoms with Crippen LogP contribution in [0.15, 0.2) is 48.7 Å². The van der Waals surface area contributed by atoms with Gasteiger partial charge in [0.2, 0.25) is 5.91 Å². The van der Waals surface area contributed by atoms with E-state index in [0.29, 0.717) is 11.1 Å². The van der Waals surface area contributed by atoms with E-state index >= 15 is 0 Å². The largest absolute Gasteiger partial charge is 0.366 e. The van der Waals surface area contributed by atoms with Crippen LogP contribution in [-0.4, -0.2) is 53.3 Å². The number of thiazole rings is 1. The minimum atomic E-state index is -0.440. The number of hydrogen-bond acceptors (Lipinski definition) is 5. The summed E-state index contributed by atoms with van der Waals surface area (Å²) in [5, 5.41) is 2.60. The molecule has 5 rings (SSSR count). The Balaban J connectivity index is 0.000000393. The van der Waals surface area contributed by atoms with Crippen molar-refractivity contribution >= 4 is 38.3 Å². The quantitative estimate of drug-likeness (QED) is 0.484. The molecular weight excluding hydrogens is 422 g/mol. The first kappa shape index (κ1) is 22.0. The molecule has 3 heterocycles. The van der Waals surface area contributed by atoms with Crippen LogP contribution >= 0.6 is 11.3 Å². The first-order valence-corrected chi connectivity index (χ1v) is 11.5. The molecule has 1 aliphatic heterocycles. The number of carbonyl (C=O) groups excluding carboxylic acids is 2. The van der Waals surface area contributed by atoms with E-state index in [0.717, 1.165) is 26.4 Å². The summed E-state index contributed by atoms with van der Waals surface area (Å²) in [6, 6.07) is 12.7. The van der Waals surface area contributed by atoms with Crippen LogP contribution in [0.1, 0.15) is 42.8 Å². The van der Waals surface area contributed by atoms with Gasteiger partial charge in [0, 0.05) is 32.8 Å². The van der Waals surface area contributed by atoms with Gasteiger partial charge in [-0.3, -0.25) is 14.0 Å². The summed E-state index contributed by atoms with van der Waals surface area (Å²) < 4.78 is 2.95. The summed E-state index contributed by atoms with van der Waals surface area (Å²) in [5.74, 6) is -0.557. The fourth-order valence-corrected chi connectivity index (χ4v) is 4.83. The number of nitrogens with one attached hydrogen (secondary N) is 1. The summed E-state index contributed by atoms with van der Waals surface area (Å²) in [7, 11) is 3.80. The van der Waals surface area contributed by atoms with E-state index in [1.165, 1.54) is 43.7 Å². The van der Waals surface area contributed by atoms with Crippen LogP contribution in [-0.2, 0) is 0 Å². The Morgan fingerprint density at radius 3 is 2.34 bits per heavy atom. The van der Waals surface area contributed by atoms with Gasteiger partial charge in [-0.1, -0.05) is 29.9 Å². The zero-order valence-electron chi connectivity index (χ0n) is 18.3. The summed E-state index contributed by atoms with van der Waals surface area (Å²) in [6.07, 6.45) is 6.23. The summed E-state index contributed by atoms with van der Waals surface area (Å²) in [5.41, 5.74) is 9.17. The first-order chi connectivity index (χ1) is 15.5. The molecule has 8 heteroatoms. The van der Waals surface area contributed by atoms with Crippen LogP contribution in [0.5, 0.6) is 0 Å². The number of imidazole rings is 1. The Labute approximate surface area is 193 Å². The average Bonchev–Trinajstić information content (AvgIpc) is 3.37. The zero-order valence-corrected chi connectivity index (χ0v) is 19.1. The Bertz CT molecular complexity index is 1260. The number of aromatic nitrogens is 2. The maximum Gasteiger partial charge on any atom is 0.251 e. The molecule has 32 heavy (non-hydrogen) atoms. The zero-order chi connectivity index (χ0) is 22.7. The van der Waals surface area contributed by atoms with E-state index in [1.54, 1.807) is 31.3 Å². The number of amides is 2. The van der Waals surface area contributed by atoms with Crippen LogP contribution in [0.3, 0.4) is 0 Å². The molecule has 0 unspecified atom stereocenters. The number of nitrogens with zero attached hydrogens (tertiary/aromatic N) is 3. The van der Waals surface area contributed by atoms with Crippen LogP contribution < -0.4 is 11.1 Å². The van der Waals surface area contributed by atoms with Gasteiger partial charge in [-0.05, 0) is 63.3 Å². The van der Waals surface area contributed by atoms with Gasteiger partial charge >= 0.3 is 0 Å². The Hall–Kier alpha value is -3.23. The molecule has 0 radical (unpaired) electrons. The van der Waals surface area contributed by atoms with Gasteiger partial charge in [0.25, 0.3) is 5.91 Å². The van der Waals surface area contributed by atoms with E-state index in [4.69, 9.17) is 5.73 Å². The lowest BCUT2D eigenvalue weighted by Gasteiger charge is -2.20. The van der Waals surface area contributed by atoms with Gasteiger partial charge < -0.3 is 16.0 Å². The third-order valence-corrected chi connectivity index (χ3v) is 6.65. The molecule has 0 saturated carbocycles. The summed E-state index contributed by atoms with van der Waals surface area (Å²) in [6.45, 7) is 2.64. The first-order valence-electron chi connectivity index (χ1n) is 10.7. The van der Waals surface area contributed by atoms with Crippen LogP contribution in [0.2, 0.25) is 0 Å². The van der Waals surface area contributed by atoms with Gasteiger partial charge in [0.15, 0.2) is 4.96 Å². The lowest BCUT2D eigenvalue weighted by atomic mass is 10.1. The van der Waals surface area contributed by atoms with E-state index in [9.17, 15) is 9.59 Å². The van der Waals surface area contributed by atoms with Crippen molar-refractivity contribution in [3.05, 3.63) is 59.8 Å². The highest BCUT2D eigenvalue weighted by Crippen LogP contribution is 2.30. The molecule has 7 nitrogen and oxygen atoms in total. The van der Waals surface area contributed by atoms with Gasteiger partial charge in [0.1, 0.15) is 0 Å². The molecule has 2 aromatic carbocycles. The van der Waals surface area contributed by atoms with Gasteiger partial charge in [-0.25, -0.2) is 4.98 Å². The van der Waals surface area contributed by atoms with Crippen molar-refractivity contribution in [3.63, 3.8) is 0 Å². The molecule has 0 atom stereocenters. The number of piperidine rings is 1. The number of primary amides is 1. The molecule has 2 amide bonds. The fourth-order valence-electron chi connectivity index (χ4n) is 3.78. The van der Waals surface area contributed by atoms with E-state index in [-0.39, 0.29) is 8.76 Å². The van der Waals surface area contributed by atoms with Crippen molar-refractivity contribution in [2.24, 2.45) is 5.73 Å². The second-order valence-electron chi connectivity index (χ2n) is 7.95. The summed E-state index contributed by atoms with van der Waals surface area (Å²) in [4.78, 5) is 30.8. The average molecular weight is 454 g/mol. The maximum absolute atomic E-state index is 11.6. The van der Waals surface area contributed by atoms with Crippen molar-refractivity contribution in [1.29, 1.82) is 0 Å². The molecule has 1 fully saturated rings. The molecular formula is C24H31N5O2S. The minimum Gasteiger partial charge on any atom is -0.366 e. The molecule has 1 aliphatic rings. The molecule has 2 aromatic heterocycles. The third kappa shape index (κ3) is 4.66. The third-order valence-electron chi connectivity index (χ3n) is 5.63. The summed E-state index contributed by atoms with van der Waals surface area (Å²) >= 11 is 1.50. The monoisotopic (exact) mass is 453 g/mol. The predicted octanol–water partition coefficient (Wildman–Crippen LogP) is 4.27. The molecule has 0 aliphatic carbocycles. The predicted molar refractivity (Wildman–Crippen MR) is 133 cm³/mol. The van der Waals surface area contributed by atoms with Crippen LogP contribution in [0.4, 0.5) is 0 Å². The lowest BCUT2D eigenvalue weighted by molar-refractivity contribution is 0.0961. The number of likely N-dealkylation sites (tertiary alicyclic amines) is 1. The van der Waals surface area contributed by atoms with E-state index < -0.39 is 5.91 Å². The second-order valence-corrected chi connectivity index (χ2v) is 8.96. The smallest absolute Gasteiger partial charge is 0.251 e. The molecule has 170 valence electrons. The standard InChI is InChI=1S/C18H14N4O2S.C6H13N.2H2/c1-20-17(24)11-4-2-10(3-5-11)13-9-22-14-7-6-12(16(19)23)8-15(14)25-18(22)21-13;1-7-5-3-2-4-6-7;;/h2-9H,1H3,(H2,19,23)(H,20,24);2-6H2,1H3;2*1H. The van der Waals surface area contributed by atoms with Crippen LogP contribution in [0, 0.1) is 0 Å². The van der Waals surface area contributed by atoms with Crippen molar-refractivity contribution in [2.75, 3.05) is 27.2 Å². The molecule has 0 bridgehead atoms. The van der Waals surface area contributed by atoms with Crippen LogP contribution in [0.25, 0.3) is 26.4 Å². The lowest BCUT2D eigenvalue weighted by Crippen LogP contribution is -2.24. The normalized spacial score (nSPS) is 14.2. The number of hydrogen-bond donors (Lipinski definition) is 2. The molecule has 0 spiro atoms. The van der Waals surface area contributed by atoms with Crippen molar-refractivity contribution in [2.45, 2.75) is 19.3 Å². The van der Waals surface area contributed by atoms with Crippen molar-refractivity contribution < 1.29 is 12.4 Å². The molecule has 4 aromatic rings. The van der Waals surface area contributed by atoms with Crippen molar-refractivity contribution in [1.82, 2.24) is 19.6 Å². The molecule has 1 saturated heterocycles. The molecule has 3 N–H and O–H groups in total. The number of nitrogens with two attached hydrogens (primary N) is 1. The maximum atomic E-state index is 11.6. The Morgan fingerprint density at radius 1 is 1.06 bits per heavy atom. The Kier molecular flexibility index (Phi) is 6.53. The minimum absolute atomic E-state index is 0. The second kappa shape index (κ2) is 9.50. The van der Waals surface area contributed by atoms with Gasteiger partial charge in [-0.2, -0.15) is 0 Å². The van der Waals surface area contributed by atoms with Gasteiger partial charge in [0.05, 0.1) is 15.9 Å². The van der Waals surface area contributed by atoms with E-state index in [1.807, 2.05) is 28.8 Å². The van der Waals surface area contributed by atoms with Crippen molar-refractivity contribution in [3.8, 4) is 11.3 Å². The fraction of sp³-hybridized carbons (Fsp3) is 0.292. The van der Waals surface area contributed by atoms with E-state index in [2.05, 4.69) is 22.2 Å². The highest BCUT2D eigenvalue weighted by molar-refractivity contribution is 7.23. The number of fused-ring (bicyclic) bond motifs is 3. The topological polar surface area (TPSA) is 92.7 Å². The number of benzene rings is 2. The number of rotatable bonds is 3.